The lowest BCUT2D eigenvalue weighted by Crippen LogP contribution is -2.66. The Morgan fingerprint density at radius 2 is 1.20 bits per heavy atom. The molecule has 2 aliphatic carbocycles. The van der Waals surface area contributed by atoms with E-state index in [0.717, 1.165) is 0 Å². The summed E-state index contributed by atoms with van der Waals surface area (Å²) in [5.41, 5.74) is 0. The molecular weight excluding hydrogens is 620 g/mol. The normalized spacial score (nSPS) is 53.5. The summed E-state index contributed by atoms with van der Waals surface area (Å²) >= 11 is 0. The van der Waals surface area contributed by atoms with Crippen molar-refractivity contribution in [2.45, 2.75) is 142 Å². The number of aliphatic hydroxyl groups excluding tert-OH is 10. The zero-order chi connectivity index (χ0) is 33.4. The van der Waals surface area contributed by atoms with Gasteiger partial charge in [-0.15, -0.1) is 0 Å². The molecule has 0 bridgehead atoms. The number of hydrogen-bond donors (Lipinski definition) is 10. The molecular formula is C29H51O17+. The SMILES string of the molecule is COC1CC(C2[OH+]C3CC(O)CC(O)C3CC2O[C@@H]2O[C@H](CO)[C@@H](O)[C@H](O[C@@H]3O[C@H](CO)[C@@H](O)[C@H](O)[C@H]3O)[C@H]2O)CC(OC)C1O. The van der Waals surface area contributed by atoms with Crippen molar-refractivity contribution in [2.75, 3.05) is 27.4 Å². The maximum atomic E-state index is 11.4. The molecule has 18 atom stereocenters. The lowest BCUT2D eigenvalue weighted by Gasteiger charge is -2.50. The van der Waals surface area contributed by atoms with Crippen LogP contribution in [0.1, 0.15) is 32.1 Å². The second-order valence-corrected chi connectivity index (χ2v) is 13.2. The third-order valence-electron chi connectivity index (χ3n) is 10.5. The molecule has 5 fully saturated rings. The molecule has 0 aromatic heterocycles. The van der Waals surface area contributed by atoms with Crippen LogP contribution in [0.5, 0.6) is 0 Å². The average Bonchev–Trinajstić information content (AvgIpc) is 3.04. The summed E-state index contributed by atoms with van der Waals surface area (Å²) in [6, 6.07) is 0. The van der Waals surface area contributed by atoms with Crippen LogP contribution in [0, 0.1) is 11.8 Å². The molecule has 11 N–H and O–H groups in total. The second kappa shape index (κ2) is 15.5. The van der Waals surface area contributed by atoms with Crippen molar-refractivity contribution >= 4 is 0 Å². The third-order valence-corrected chi connectivity index (χ3v) is 10.5. The Morgan fingerprint density at radius 3 is 1.78 bits per heavy atom. The van der Waals surface area contributed by atoms with Gasteiger partial charge in [0.05, 0.1) is 43.5 Å². The molecule has 3 heterocycles. The topological polar surface area (TPSA) is 270 Å². The van der Waals surface area contributed by atoms with Crippen LogP contribution in [-0.4, -0.2) is 193 Å². The van der Waals surface area contributed by atoms with E-state index in [-0.39, 0.29) is 30.8 Å². The highest BCUT2D eigenvalue weighted by Gasteiger charge is 2.57. The van der Waals surface area contributed by atoms with Crippen LogP contribution in [-0.2, 0) is 28.4 Å². The lowest BCUT2D eigenvalue weighted by atomic mass is 9.72. The van der Waals surface area contributed by atoms with Gasteiger partial charge in [-0.2, -0.15) is 0 Å². The van der Waals surface area contributed by atoms with Gasteiger partial charge in [-0.3, -0.25) is 0 Å². The molecule has 3 saturated heterocycles. The van der Waals surface area contributed by atoms with Crippen molar-refractivity contribution < 1.29 is 84.2 Å². The fraction of sp³-hybridized carbons (Fsp3) is 1.00. The third kappa shape index (κ3) is 7.27. The molecule has 0 radical (unpaired) electrons. The van der Waals surface area contributed by atoms with Crippen LogP contribution in [0.2, 0.25) is 0 Å². The number of fused-ring (bicyclic) bond motifs is 1. The van der Waals surface area contributed by atoms with E-state index in [1.165, 1.54) is 14.2 Å². The Labute approximate surface area is 266 Å². The molecule has 8 unspecified atom stereocenters. The smallest absolute Gasteiger partial charge is 0.187 e. The summed E-state index contributed by atoms with van der Waals surface area (Å²) in [4.78, 5) is 0. The summed E-state index contributed by atoms with van der Waals surface area (Å²) in [5, 5.41) is 105. The van der Waals surface area contributed by atoms with E-state index in [9.17, 15) is 51.1 Å². The minimum Gasteiger partial charge on any atom is -0.427 e. The predicted molar refractivity (Wildman–Crippen MR) is 151 cm³/mol. The molecule has 0 aromatic rings. The summed E-state index contributed by atoms with van der Waals surface area (Å²) in [5.74, 6) is -0.627. The van der Waals surface area contributed by atoms with Gasteiger partial charge in [0, 0.05) is 33.0 Å². The first-order valence-corrected chi connectivity index (χ1v) is 16.0. The van der Waals surface area contributed by atoms with Gasteiger partial charge < -0.3 is 84.2 Å². The van der Waals surface area contributed by atoms with Gasteiger partial charge in [0.2, 0.25) is 0 Å². The van der Waals surface area contributed by atoms with Gasteiger partial charge in [-0.1, -0.05) is 0 Å². The summed E-state index contributed by atoms with van der Waals surface area (Å²) in [7, 11) is 2.97. The standard InChI is InChI=1S/C29H50O17/c1-40-15-3-10(4-16(41-2)20(15)34)26-17(7-12-13(33)5-11(32)6-14(12)42-26)43-29-25(39)27(22(36)19(9-31)45-29)46-28-24(38)23(37)21(35)18(8-30)44-28/h10-39H,3-9H2,1-2H3/p+1/t10?,11?,12?,13?,14?,15?,16?,17?,18-,19-,20?,21-,22-,23+,24-,25-,26?,27+,28+,29-/m1/s1. The van der Waals surface area contributed by atoms with Crippen molar-refractivity contribution in [1.82, 2.24) is 0 Å². The molecule has 17 heteroatoms. The van der Waals surface area contributed by atoms with Gasteiger partial charge in [0.25, 0.3) is 0 Å². The average molecular weight is 672 g/mol. The fourth-order valence-corrected chi connectivity index (χ4v) is 7.83. The van der Waals surface area contributed by atoms with Crippen LogP contribution in [0.4, 0.5) is 0 Å². The quantitative estimate of drug-likeness (QED) is 0.103. The zero-order valence-corrected chi connectivity index (χ0v) is 25.9. The van der Waals surface area contributed by atoms with Gasteiger partial charge in [0.1, 0.15) is 61.0 Å². The number of hydrogen-bond acceptors (Lipinski definition) is 16. The summed E-state index contributed by atoms with van der Waals surface area (Å²) in [6.07, 6.45) is -19.9. The minimum absolute atomic E-state index is 0.164. The number of methoxy groups -OCH3 is 2. The highest BCUT2D eigenvalue weighted by Crippen LogP contribution is 2.43. The molecule has 46 heavy (non-hydrogen) atoms. The van der Waals surface area contributed by atoms with E-state index < -0.39 is 117 Å². The molecule has 2 saturated carbocycles. The molecule has 268 valence electrons. The first-order valence-electron chi connectivity index (χ1n) is 16.0. The molecule has 5 rings (SSSR count). The number of rotatable bonds is 9. The van der Waals surface area contributed by atoms with E-state index >= 15 is 0 Å². The van der Waals surface area contributed by atoms with Crippen molar-refractivity contribution in [3.05, 3.63) is 0 Å². The van der Waals surface area contributed by atoms with Gasteiger partial charge in [-0.25, -0.2) is 0 Å². The second-order valence-electron chi connectivity index (χ2n) is 13.2. The first kappa shape index (κ1) is 36.6. The van der Waals surface area contributed by atoms with Crippen LogP contribution in [0.25, 0.3) is 0 Å². The molecule has 0 spiro atoms. The van der Waals surface area contributed by atoms with Gasteiger partial charge in [0.15, 0.2) is 24.8 Å². The summed E-state index contributed by atoms with van der Waals surface area (Å²) in [6.45, 7) is -1.44. The molecule has 0 aromatic carbocycles. The van der Waals surface area contributed by atoms with Crippen LogP contribution < -0.4 is 0 Å². The Balaban J connectivity index is 1.38. The minimum atomic E-state index is -1.82. The molecule has 5 aliphatic rings. The zero-order valence-electron chi connectivity index (χ0n) is 25.9. The monoisotopic (exact) mass is 671 g/mol. The number of aliphatic hydroxyl groups is 12. The molecule has 0 amide bonds. The van der Waals surface area contributed by atoms with Crippen molar-refractivity contribution in [3.8, 4) is 0 Å². The predicted octanol–water partition coefficient (Wildman–Crippen LogP) is -5.40. The van der Waals surface area contributed by atoms with Crippen molar-refractivity contribution in [3.63, 3.8) is 0 Å². The molecule has 3 aliphatic heterocycles. The van der Waals surface area contributed by atoms with Crippen LogP contribution in [0.15, 0.2) is 0 Å². The van der Waals surface area contributed by atoms with Crippen LogP contribution in [0.3, 0.4) is 0 Å². The Bertz CT molecular complexity index is 947. The Hall–Kier alpha value is -0.680. The van der Waals surface area contributed by atoms with Gasteiger partial charge >= 0.3 is 0 Å². The maximum absolute atomic E-state index is 11.4. The van der Waals surface area contributed by atoms with Gasteiger partial charge in [-0.05, 0) is 19.3 Å². The highest BCUT2D eigenvalue weighted by molar-refractivity contribution is 5.00. The van der Waals surface area contributed by atoms with Crippen molar-refractivity contribution in [1.29, 1.82) is 0 Å². The Kier molecular flexibility index (Phi) is 12.3. The Morgan fingerprint density at radius 1 is 0.609 bits per heavy atom. The maximum Gasteiger partial charge on any atom is 0.187 e. The lowest BCUT2D eigenvalue weighted by molar-refractivity contribution is -0.379. The van der Waals surface area contributed by atoms with E-state index in [1.807, 2.05) is 0 Å². The molecule has 17 nitrogen and oxygen atoms in total. The van der Waals surface area contributed by atoms with E-state index in [4.69, 9.17) is 33.2 Å². The van der Waals surface area contributed by atoms with E-state index in [0.29, 0.717) is 19.3 Å². The van der Waals surface area contributed by atoms with E-state index in [2.05, 4.69) is 0 Å². The van der Waals surface area contributed by atoms with Crippen LogP contribution >= 0.6 is 0 Å². The first-order chi connectivity index (χ1) is 21.9. The summed E-state index contributed by atoms with van der Waals surface area (Å²) < 4.78 is 39.4. The highest BCUT2D eigenvalue weighted by atomic mass is 16.7. The van der Waals surface area contributed by atoms with Crippen molar-refractivity contribution in [2.24, 2.45) is 11.8 Å². The fourth-order valence-electron chi connectivity index (χ4n) is 7.83. The number of ether oxygens (including phenoxy) is 7. The largest absolute Gasteiger partial charge is 0.427 e. The van der Waals surface area contributed by atoms with E-state index in [1.54, 1.807) is 0 Å².